The first kappa shape index (κ1) is 10.2. The molecule has 1 unspecified atom stereocenters. The normalized spacial score (nSPS) is 20.9. The molecule has 78 valence electrons. The van der Waals surface area contributed by atoms with Crippen molar-refractivity contribution in [1.29, 1.82) is 0 Å². The summed E-state index contributed by atoms with van der Waals surface area (Å²) in [5, 5.41) is 5.89. The van der Waals surface area contributed by atoms with E-state index in [1.165, 1.54) is 37.0 Å². The molecule has 0 saturated heterocycles. The summed E-state index contributed by atoms with van der Waals surface area (Å²) in [6, 6.07) is 5.67. The van der Waals surface area contributed by atoms with Crippen LogP contribution in [0, 0.1) is 0 Å². The van der Waals surface area contributed by atoms with E-state index < -0.39 is 0 Å². The second-order valence-corrected chi connectivity index (χ2v) is 5.22. The molecule has 1 heterocycles. The lowest BCUT2D eigenvalue weighted by molar-refractivity contribution is 0.348. The highest BCUT2D eigenvalue weighted by Gasteiger charge is 2.16. The zero-order valence-electron chi connectivity index (χ0n) is 8.83. The first-order chi connectivity index (χ1) is 6.86. The number of rotatable bonds is 3. The number of hydrogen-bond acceptors (Lipinski definition) is 2. The Balaban J connectivity index is 1.84. The van der Waals surface area contributed by atoms with Gasteiger partial charge in [-0.15, -0.1) is 11.3 Å². The number of hydrogen-bond donors (Lipinski definition) is 1. The second-order valence-electron chi connectivity index (χ2n) is 4.24. The molecule has 2 heteroatoms. The van der Waals surface area contributed by atoms with Crippen LogP contribution in [0.25, 0.3) is 0 Å². The van der Waals surface area contributed by atoms with Gasteiger partial charge in [0, 0.05) is 17.0 Å². The van der Waals surface area contributed by atoms with Crippen molar-refractivity contribution in [2.45, 2.75) is 51.1 Å². The molecule has 1 fully saturated rings. The quantitative estimate of drug-likeness (QED) is 0.800. The standard InChI is InChI=1S/C12H19NS/c1-10(12-8-5-9-14-12)13-11-6-3-2-4-7-11/h5,8-11,13H,2-4,6-7H2,1H3. The van der Waals surface area contributed by atoms with E-state index in [1.807, 2.05) is 11.3 Å². The van der Waals surface area contributed by atoms with Gasteiger partial charge in [0.2, 0.25) is 0 Å². The maximum Gasteiger partial charge on any atom is 0.0388 e. The lowest BCUT2D eigenvalue weighted by Gasteiger charge is -2.26. The summed E-state index contributed by atoms with van der Waals surface area (Å²) in [6.45, 7) is 2.28. The van der Waals surface area contributed by atoms with Gasteiger partial charge in [-0.2, -0.15) is 0 Å². The molecular formula is C12H19NS. The zero-order valence-corrected chi connectivity index (χ0v) is 9.65. The molecule has 1 nitrogen and oxygen atoms in total. The third-order valence-corrected chi connectivity index (χ3v) is 4.12. The van der Waals surface area contributed by atoms with E-state index in [2.05, 4.69) is 29.8 Å². The van der Waals surface area contributed by atoms with Crippen molar-refractivity contribution in [3.63, 3.8) is 0 Å². The van der Waals surface area contributed by atoms with E-state index in [1.54, 1.807) is 0 Å². The Labute approximate surface area is 90.5 Å². The van der Waals surface area contributed by atoms with Crippen LogP contribution < -0.4 is 5.32 Å². The Morgan fingerprint density at radius 3 is 2.79 bits per heavy atom. The molecule has 0 amide bonds. The molecule has 1 aliphatic carbocycles. The summed E-state index contributed by atoms with van der Waals surface area (Å²) in [4.78, 5) is 1.47. The van der Waals surface area contributed by atoms with E-state index in [-0.39, 0.29) is 0 Å². The van der Waals surface area contributed by atoms with Gasteiger partial charge in [-0.1, -0.05) is 25.3 Å². The Bertz CT molecular complexity index is 249. The second kappa shape index (κ2) is 4.94. The van der Waals surface area contributed by atoms with Gasteiger partial charge in [0.05, 0.1) is 0 Å². The molecule has 0 aromatic carbocycles. The van der Waals surface area contributed by atoms with Gasteiger partial charge >= 0.3 is 0 Å². The Kier molecular flexibility index (Phi) is 3.60. The van der Waals surface area contributed by atoms with Crippen molar-refractivity contribution in [3.8, 4) is 0 Å². The molecule has 0 aliphatic heterocycles. The molecule has 1 aliphatic rings. The molecule has 0 spiro atoms. The number of nitrogens with one attached hydrogen (secondary N) is 1. The minimum absolute atomic E-state index is 0.540. The predicted molar refractivity (Wildman–Crippen MR) is 62.7 cm³/mol. The fraction of sp³-hybridized carbons (Fsp3) is 0.667. The van der Waals surface area contributed by atoms with Crippen LogP contribution >= 0.6 is 11.3 Å². The largest absolute Gasteiger partial charge is 0.307 e. The summed E-state index contributed by atoms with van der Waals surface area (Å²) in [5.74, 6) is 0. The molecule has 14 heavy (non-hydrogen) atoms. The van der Waals surface area contributed by atoms with E-state index in [9.17, 15) is 0 Å². The molecule has 1 atom stereocenters. The van der Waals surface area contributed by atoms with Crippen LogP contribution in [0.2, 0.25) is 0 Å². The first-order valence-electron chi connectivity index (χ1n) is 5.66. The molecule has 0 bridgehead atoms. The van der Waals surface area contributed by atoms with Crippen LogP contribution in [-0.2, 0) is 0 Å². The average molecular weight is 209 g/mol. The van der Waals surface area contributed by atoms with Crippen molar-refractivity contribution in [2.24, 2.45) is 0 Å². The predicted octanol–water partition coefficient (Wildman–Crippen LogP) is 3.73. The summed E-state index contributed by atoms with van der Waals surface area (Å²) < 4.78 is 0. The smallest absolute Gasteiger partial charge is 0.0388 e. The van der Waals surface area contributed by atoms with Crippen LogP contribution in [0.3, 0.4) is 0 Å². The molecule has 2 rings (SSSR count). The SMILES string of the molecule is CC(NC1CCCCC1)c1cccs1. The lowest BCUT2D eigenvalue weighted by Crippen LogP contribution is -2.32. The Morgan fingerprint density at radius 1 is 1.36 bits per heavy atom. The van der Waals surface area contributed by atoms with Gasteiger partial charge in [0.25, 0.3) is 0 Å². The van der Waals surface area contributed by atoms with Gasteiger partial charge in [-0.25, -0.2) is 0 Å². The van der Waals surface area contributed by atoms with Crippen LogP contribution in [-0.4, -0.2) is 6.04 Å². The molecule has 1 saturated carbocycles. The van der Waals surface area contributed by atoms with E-state index in [0.717, 1.165) is 6.04 Å². The van der Waals surface area contributed by atoms with Crippen LogP contribution in [0.15, 0.2) is 17.5 Å². The zero-order chi connectivity index (χ0) is 9.80. The fourth-order valence-corrected chi connectivity index (χ4v) is 2.99. The highest BCUT2D eigenvalue weighted by molar-refractivity contribution is 7.10. The van der Waals surface area contributed by atoms with E-state index in [0.29, 0.717) is 6.04 Å². The maximum absolute atomic E-state index is 3.73. The minimum atomic E-state index is 0.540. The molecule has 1 aromatic rings. The summed E-state index contributed by atoms with van der Waals surface area (Å²) >= 11 is 1.86. The highest BCUT2D eigenvalue weighted by atomic mass is 32.1. The summed E-state index contributed by atoms with van der Waals surface area (Å²) in [7, 11) is 0. The van der Waals surface area contributed by atoms with Gasteiger partial charge < -0.3 is 5.32 Å². The van der Waals surface area contributed by atoms with Crippen molar-refractivity contribution in [3.05, 3.63) is 22.4 Å². The Hall–Kier alpha value is -0.340. The van der Waals surface area contributed by atoms with Gasteiger partial charge in [0.1, 0.15) is 0 Å². The highest BCUT2D eigenvalue weighted by Crippen LogP contribution is 2.23. The average Bonchev–Trinajstić information content (AvgIpc) is 2.72. The van der Waals surface area contributed by atoms with Crippen molar-refractivity contribution in [2.75, 3.05) is 0 Å². The lowest BCUT2D eigenvalue weighted by atomic mass is 9.95. The number of thiophene rings is 1. The van der Waals surface area contributed by atoms with E-state index in [4.69, 9.17) is 0 Å². The maximum atomic E-state index is 3.73. The molecule has 1 aromatic heterocycles. The van der Waals surface area contributed by atoms with Crippen LogP contribution in [0.5, 0.6) is 0 Å². The van der Waals surface area contributed by atoms with Crippen LogP contribution in [0.4, 0.5) is 0 Å². The first-order valence-corrected chi connectivity index (χ1v) is 6.53. The molecule has 0 radical (unpaired) electrons. The minimum Gasteiger partial charge on any atom is -0.307 e. The summed E-state index contributed by atoms with van der Waals surface area (Å²) in [5.41, 5.74) is 0. The van der Waals surface area contributed by atoms with Crippen molar-refractivity contribution in [1.82, 2.24) is 5.32 Å². The molecular weight excluding hydrogens is 190 g/mol. The monoisotopic (exact) mass is 209 g/mol. The third-order valence-electron chi connectivity index (χ3n) is 3.06. The van der Waals surface area contributed by atoms with Crippen molar-refractivity contribution < 1.29 is 0 Å². The van der Waals surface area contributed by atoms with Gasteiger partial charge in [0.15, 0.2) is 0 Å². The molecule has 1 N–H and O–H groups in total. The summed E-state index contributed by atoms with van der Waals surface area (Å²) in [6.07, 6.45) is 7.00. The van der Waals surface area contributed by atoms with Gasteiger partial charge in [-0.3, -0.25) is 0 Å². The fourth-order valence-electron chi connectivity index (χ4n) is 2.24. The van der Waals surface area contributed by atoms with Gasteiger partial charge in [-0.05, 0) is 31.2 Å². The van der Waals surface area contributed by atoms with Crippen LogP contribution in [0.1, 0.15) is 49.9 Å². The van der Waals surface area contributed by atoms with Crippen molar-refractivity contribution >= 4 is 11.3 Å². The van der Waals surface area contributed by atoms with E-state index >= 15 is 0 Å². The third kappa shape index (κ3) is 2.58. The Morgan fingerprint density at radius 2 is 2.14 bits per heavy atom. The topological polar surface area (TPSA) is 12.0 Å².